The van der Waals surface area contributed by atoms with Crippen molar-refractivity contribution in [3.8, 4) is 11.4 Å². The van der Waals surface area contributed by atoms with E-state index in [1.54, 1.807) is 35.7 Å². The normalized spacial score (nSPS) is 16.1. The molecule has 0 radical (unpaired) electrons. The number of nitrogens with zero attached hydrogens (tertiary/aromatic N) is 3. The molecule has 29 heavy (non-hydrogen) atoms. The quantitative estimate of drug-likeness (QED) is 0.641. The number of hydrogen-bond donors (Lipinski definition) is 0. The van der Waals surface area contributed by atoms with Crippen molar-refractivity contribution in [2.24, 2.45) is 0 Å². The molecule has 0 spiro atoms. The molecule has 4 rings (SSSR count). The monoisotopic (exact) mass is 411 g/mol. The Morgan fingerprint density at radius 2 is 1.66 bits per heavy atom. The molecule has 0 amide bonds. The molecular formula is C22H25N3O3S. The highest BCUT2D eigenvalue weighted by Crippen LogP contribution is 2.31. The minimum atomic E-state index is -3.48. The Morgan fingerprint density at radius 3 is 2.28 bits per heavy atom. The van der Waals surface area contributed by atoms with Crippen LogP contribution in [0, 0.1) is 6.92 Å². The van der Waals surface area contributed by atoms with Gasteiger partial charge in [-0.2, -0.15) is 9.40 Å². The third-order valence-electron chi connectivity index (χ3n) is 5.52. The van der Waals surface area contributed by atoms with E-state index in [4.69, 9.17) is 4.74 Å². The van der Waals surface area contributed by atoms with Gasteiger partial charge in [-0.1, -0.05) is 17.7 Å². The predicted molar refractivity (Wildman–Crippen MR) is 112 cm³/mol. The molecule has 1 aliphatic rings. The molecule has 1 aromatic heterocycles. The lowest BCUT2D eigenvalue weighted by molar-refractivity contribution is 0.319. The Balaban J connectivity index is 1.43. The van der Waals surface area contributed by atoms with Gasteiger partial charge in [0, 0.05) is 19.3 Å². The Hall–Kier alpha value is -2.64. The molecule has 1 fully saturated rings. The summed E-state index contributed by atoms with van der Waals surface area (Å²) >= 11 is 0. The molecule has 1 aliphatic heterocycles. The SMILES string of the molecule is COc1ccc(S(=O)(=O)N2CCC(c3cnn(-c4ccc(C)cc4)c3)CC2)cc1. The Bertz CT molecular complexity index is 1070. The van der Waals surface area contributed by atoms with Crippen LogP contribution in [0.25, 0.3) is 5.69 Å². The fourth-order valence-corrected chi connectivity index (χ4v) is 5.18. The highest BCUT2D eigenvalue weighted by Gasteiger charge is 2.30. The molecule has 0 bridgehead atoms. The van der Waals surface area contributed by atoms with Gasteiger partial charge in [-0.15, -0.1) is 0 Å². The molecule has 3 aromatic rings. The second-order valence-electron chi connectivity index (χ2n) is 7.41. The van der Waals surface area contributed by atoms with Crippen molar-refractivity contribution < 1.29 is 13.2 Å². The van der Waals surface area contributed by atoms with Crippen LogP contribution < -0.4 is 4.74 Å². The number of rotatable bonds is 5. The van der Waals surface area contributed by atoms with Gasteiger partial charge in [0.05, 0.1) is 23.9 Å². The fourth-order valence-electron chi connectivity index (χ4n) is 3.71. The van der Waals surface area contributed by atoms with Crippen LogP contribution in [0.5, 0.6) is 5.75 Å². The maximum atomic E-state index is 12.9. The summed E-state index contributed by atoms with van der Waals surface area (Å²) in [4.78, 5) is 0.309. The number of benzene rings is 2. The molecule has 0 saturated carbocycles. The summed E-state index contributed by atoms with van der Waals surface area (Å²) in [6.45, 7) is 3.08. The third-order valence-corrected chi connectivity index (χ3v) is 7.44. The largest absolute Gasteiger partial charge is 0.497 e. The van der Waals surface area contributed by atoms with Gasteiger partial charge in [-0.05, 0) is 67.6 Å². The fraction of sp³-hybridized carbons (Fsp3) is 0.318. The smallest absolute Gasteiger partial charge is 0.243 e. The zero-order valence-corrected chi connectivity index (χ0v) is 17.5. The molecule has 1 saturated heterocycles. The Morgan fingerprint density at radius 1 is 1.00 bits per heavy atom. The first kappa shape index (κ1) is 19.7. The van der Waals surface area contributed by atoms with Crippen molar-refractivity contribution in [3.63, 3.8) is 0 Å². The number of ether oxygens (including phenoxy) is 1. The summed E-state index contributed by atoms with van der Waals surface area (Å²) in [7, 11) is -1.91. The molecule has 0 unspecified atom stereocenters. The summed E-state index contributed by atoms with van der Waals surface area (Å²) in [6.07, 6.45) is 5.53. The van der Waals surface area contributed by atoms with Crippen LogP contribution in [-0.4, -0.2) is 42.7 Å². The van der Waals surface area contributed by atoms with E-state index in [1.165, 1.54) is 5.56 Å². The molecule has 152 valence electrons. The van der Waals surface area contributed by atoms with Crippen molar-refractivity contribution in [1.82, 2.24) is 14.1 Å². The summed E-state index contributed by atoms with van der Waals surface area (Å²) in [5.41, 5.74) is 3.40. The lowest BCUT2D eigenvalue weighted by Crippen LogP contribution is -2.37. The summed E-state index contributed by atoms with van der Waals surface area (Å²) in [5.74, 6) is 0.963. The summed E-state index contributed by atoms with van der Waals surface area (Å²) in [6, 6.07) is 14.8. The van der Waals surface area contributed by atoms with Crippen molar-refractivity contribution in [3.05, 3.63) is 72.1 Å². The van der Waals surface area contributed by atoms with Crippen LogP contribution in [0.2, 0.25) is 0 Å². The van der Waals surface area contributed by atoms with Gasteiger partial charge < -0.3 is 4.74 Å². The first-order chi connectivity index (χ1) is 14.0. The molecule has 6 nitrogen and oxygen atoms in total. The molecule has 0 N–H and O–H groups in total. The van der Waals surface area contributed by atoms with Gasteiger partial charge in [0.15, 0.2) is 0 Å². The minimum Gasteiger partial charge on any atom is -0.497 e. The average molecular weight is 412 g/mol. The van der Waals surface area contributed by atoms with Gasteiger partial charge >= 0.3 is 0 Å². The lowest BCUT2D eigenvalue weighted by Gasteiger charge is -2.30. The van der Waals surface area contributed by atoms with E-state index in [2.05, 4.69) is 42.5 Å². The van der Waals surface area contributed by atoms with Crippen LogP contribution in [0.4, 0.5) is 0 Å². The molecule has 2 heterocycles. The Kier molecular flexibility index (Phi) is 5.43. The van der Waals surface area contributed by atoms with E-state index in [1.807, 2.05) is 10.9 Å². The zero-order valence-electron chi connectivity index (χ0n) is 16.7. The first-order valence-corrected chi connectivity index (χ1v) is 11.2. The molecule has 2 aromatic carbocycles. The Labute approximate surface area is 171 Å². The van der Waals surface area contributed by atoms with Crippen LogP contribution in [0.15, 0.2) is 65.8 Å². The standard InChI is InChI=1S/C22H25N3O3S/c1-17-3-5-20(6-4-17)25-16-19(15-23-25)18-11-13-24(14-12-18)29(26,27)22-9-7-21(28-2)8-10-22/h3-10,15-16,18H,11-14H2,1-2H3. The third kappa shape index (κ3) is 4.06. The number of piperidine rings is 1. The zero-order chi connectivity index (χ0) is 20.4. The number of methoxy groups -OCH3 is 1. The van der Waals surface area contributed by atoms with E-state index in [0.29, 0.717) is 29.7 Å². The maximum absolute atomic E-state index is 12.9. The van der Waals surface area contributed by atoms with Gasteiger partial charge in [0.2, 0.25) is 10.0 Å². The number of aryl methyl sites for hydroxylation is 1. The number of hydrogen-bond acceptors (Lipinski definition) is 4. The van der Waals surface area contributed by atoms with Crippen LogP contribution in [0.1, 0.15) is 29.9 Å². The van der Waals surface area contributed by atoms with Crippen LogP contribution in [0.3, 0.4) is 0 Å². The maximum Gasteiger partial charge on any atom is 0.243 e. The summed E-state index contributed by atoms with van der Waals surface area (Å²) < 4.78 is 34.4. The second-order valence-corrected chi connectivity index (χ2v) is 9.35. The minimum absolute atomic E-state index is 0.309. The molecule has 7 heteroatoms. The van der Waals surface area contributed by atoms with Gasteiger partial charge in [0.25, 0.3) is 0 Å². The van der Waals surface area contributed by atoms with Crippen LogP contribution >= 0.6 is 0 Å². The van der Waals surface area contributed by atoms with Gasteiger partial charge in [-0.3, -0.25) is 0 Å². The van der Waals surface area contributed by atoms with E-state index < -0.39 is 10.0 Å². The highest BCUT2D eigenvalue weighted by atomic mass is 32.2. The lowest BCUT2D eigenvalue weighted by atomic mass is 9.93. The van der Waals surface area contributed by atoms with Crippen LogP contribution in [-0.2, 0) is 10.0 Å². The topological polar surface area (TPSA) is 64.4 Å². The predicted octanol–water partition coefficient (Wildman–Crippen LogP) is 3.76. The second kappa shape index (κ2) is 8.00. The van der Waals surface area contributed by atoms with E-state index in [0.717, 1.165) is 24.1 Å². The molecule has 0 atom stereocenters. The van der Waals surface area contributed by atoms with E-state index in [-0.39, 0.29) is 0 Å². The molecular weight excluding hydrogens is 386 g/mol. The number of aromatic nitrogens is 2. The molecule has 0 aliphatic carbocycles. The van der Waals surface area contributed by atoms with Crippen molar-refractivity contribution in [2.75, 3.05) is 20.2 Å². The van der Waals surface area contributed by atoms with Gasteiger partial charge in [0.1, 0.15) is 5.75 Å². The first-order valence-electron chi connectivity index (χ1n) is 9.73. The van der Waals surface area contributed by atoms with Gasteiger partial charge in [-0.25, -0.2) is 13.1 Å². The van der Waals surface area contributed by atoms with E-state index in [9.17, 15) is 8.42 Å². The van der Waals surface area contributed by atoms with Crippen molar-refractivity contribution >= 4 is 10.0 Å². The van der Waals surface area contributed by atoms with E-state index >= 15 is 0 Å². The number of sulfonamides is 1. The summed E-state index contributed by atoms with van der Waals surface area (Å²) in [5, 5.41) is 4.50. The van der Waals surface area contributed by atoms with Crippen molar-refractivity contribution in [2.45, 2.75) is 30.6 Å². The highest BCUT2D eigenvalue weighted by molar-refractivity contribution is 7.89. The van der Waals surface area contributed by atoms with Crippen molar-refractivity contribution in [1.29, 1.82) is 0 Å². The average Bonchev–Trinajstić information content (AvgIpc) is 3.24.